The molecule has 1 unspecified atom stereocenters. The molecule has 2 N–H and O–H groups in total. The Morgan fingerprint density at radius 2 is 2.09 bits per heavy atom. The number of hydrogen-bond donors (Lipinski definition) is 2. The van der Waals surface area contributed by atoms with Crippen LogP contribution in [0.4, 0.5) is 15.9 Å². The maximum atomic E-state index is 14.0. The summed E-state index contributed by atoms with van der Waals surface area (Å²) in [5, 5.41) is 6.71. The summed E-state index contributed by atoms with van der Waals surface area (Å²) < 4.78 is 14.0. The molecule has 0 bridgehead atoms. The highest BCUT2D eigenvalue weighted by Crippen LogP contribution is 2.28. The molecule has 1 atom stereocenters. The molecule has 7 nitrogen and oxygen atoms in total. The third-order valence-corrected chi connectivity index (χ3v) is 5.92. The molecule has 178 valence electrons. The van der Waals surface area contributed by atoms with Crippen molar-refractivity contribution < 1.29 is 9.18 Å². The fraction of sp³-hybridized carbons (Fsp3) is 0.458. The van der Waals surface area contributed by atoms with Crippen molar-refractivity contribution in [3.63, 3.8) is 0 Å². The van der Waals surface area contributed by atoms with Gasteiger partial charge in [-0.3, -0.25) is 9.79 Å². The number of benzene rings is 1. The van der Waals surface area contributed by atoms with Gasteiger partial charge in [-0.2, -0.15) is 0 Å². The topological polar surface area (TPSA) is 72.9 Å². The molecular weight excluding hydrogens is 534 g/mol. The van der Waals surface area contributed by atoms with E-state index in [9.17, 15) is 9.18 Å². The predicted molar refractivity (Wildman–Crippen MR) is 141 cm³/mol. The van der Waals surface area contributed by atoms with Crippen LogP contribution in [-0.2, 0) is 11.2 Å². The lowest BCUT2D eigenvalue weighted by molar-refractivity contribution is -0.118. The van der Waals surface area contributed by atoms with Crippen molar-refractivity contribution in [2.24, 2.45) is 4.99 Å². The van der Waals surface area contributed by atoms with Gasteiger partial charge >= 0.3 is 0 Å². The lowest BCUT2D eigenvalue weighted by atomic mass is 10.2. The fourth-order valence-corrected chi connectivity index (χ4v) is 4.35. The van der Waals surface area contributed by atoms with Gasteiger partial charge in [0, 0.05) is 57.1 Å². The van der Waals surface area contributed by atoms with Crippen LogP contribution in [0.25, 0.3) is 0 Å². The summed E-state index contributed by atoms with van der Waals surface area (Å²) in [6.45, 7) is 5.53. The summed E-state index contributed by atoms with van der Waals surface area (Å²) in [6, 6.07) is 11.3. The first-order chi connectivity index (χ1) is 15.7. The molecule has 2 aliphatic heterocycles. The van der Waals surface area contributed by atoms with E-state index in [0.29, 0.717) is 31.7 Å². The standard InChI is InChI=1S/C24H31FN6O.HI/c1-2-26-24(29-19-12-15-30(17-19)23-20(25)8-5-13-27-23)28-14-6-10-22(32)31-16-11-18-7-3-4-9-21(18)31;/h3-5,7-9,13,19H,2,6,10-12,14-17H2,1H3,(H2,26,28,29);1H. The minimum absolute atomic E-state index is 0. The van der Waals surface area contributed by atoms with Gasteiger partial charge in [0.1, 0.15) is 0 Å². The first kappa shape index (κ1) is 25.2. The van der Waals surface area contributed by atoms with Crippen molar-refractivity contribution in [1.82, 2.24) is 15.6 Å². The Balaban J connectivity index is 0.00000306. The van der Waals surface area contributed by atoms with Gasteiger partial charge in [-0.05, 0) is 49.9 Å². The number of nitrogens with zero attached hydrogens (tertiary/aromatic N) is 4. The molecule has 0 aliphatic carbocycles. The van der Waals surface area contributed by atoms with Crippen molar-refractivity contribution >= 4 is 47.3 Å². The van der Waals surface area contributed by atoms with Crippen molar-refractivity contribution in [2.75, 3.05) is 42.5 Å². The van der Waals surface area contributed by atoms with Gasteiger partial charge in [-0.15, -0.1) is 24.0 Å². The van der Waals surface area contributed by atoms with Gasteiger partial charge in [-0.25, -0.2) is 9.37 Å². The fourth-order valence-electron chi connectivity index (χ4n) is 4.35. The largest absolute Gasteiger partial charge is 0.357 e. The van der Waals surface area contributed by atoms with E-state index in [-0.39, 0.29) is 41.7 Å². The Bertz CT molecular complexity index is 971. The summed E-state index contributed by atoms with van der Waals surface area (Å²) >= 11 is 0. The Labute approximate surface area is 211 Å². The molecule has 0 spiro atoms. The van der Waals surface area contributed by atoms with Crippen LogP contribution in [0.5, 0.6) is 0 Å². The monoisotopic (exact) mass is 566 g/mol. The number of fused-ring (bicyclic) bond motifs is 1. The minimum atomic E-state index is -0.293. The van der Waals surface area contributed by atoms with Crippen LogP contribution >= 0.6 is 24.0 Å². The Morgan fingerprint density at radius 1 is 1.24 bits per heavy atom. The van der Waals surface area contributed by atoms with Crippen LogP contribution in [0.1, 0.15) is 31.7 Å². The Morgan fingerprint density at radius 3 is 2.91 bits per heavy atom. The van der Waals surface area contributed by atoms with E-state index >= 15 is 0 Å². The van der Waals surface area contributed by atoms with Crippen LogP contribution in [-0.4, -0.2) is 55.6 Å². The zero-order valence-corrected chi connectivity index (χ0v) is 21.3. The number of para-hydroxylation sites is 1. The maximum absolute atomic E-state index is 14.0. The number of pyridine rings is 1. The molecule has 33 heavy (non-hydrogen) atoms. The van der Waals surface area contributed by atoms with E-state index in [1.54, 1.807) is 12.3 Å². The van der Waals surface area contributed by atoms with Crippen molar-refractivity contribution in [3.8, 4) is 0 Å². The molecular formula is C24H32FIN6O. The van der Waals surface area contributed by atoms with Crippen molar-refractivity contribution in [1.29, 1.82) is 0 Å². The van der Waals surface area contributed by atoms with E-state index < -0.39 is 0 Å². The second-order valence-corrected chi connectivity index (χ2v) is 8.17. The third-order valence-electron chi connectivity index (χ3n) is 5.92. The van der Waals surface area contributed by atoms with Crippen LogP contribution in [0.3, 0.4) is 0 Å². The number of guanidine groups is 1. The number of aromatic nitrogens is 1. The van der Waals surface area contributed by atoms with Crippen molar-refractivity contribution in [2.45, 2.75) is 38.6 Å². The summed E-state index contributed by atoms with van der Waals surface area (Å²) in [5.74, 6) is 1.01. The molecule has 0 radical (unpaired) electrons. The van der Waals surface area contributed by atoms with Gasteiger partial charge in [0.2, 0.25) is 5.91 Å². The first-order valence-corrected chi connectivity index (χ1v) is 11.4. The van der Waals surface area contributed by atoms with Gasteiger partial charge < -0.3 is 20.4 Å². The predicted octanol–water partition coefficient (Wildman–Crippen LogP) is 3.34. The first-order valence-electron chi connectivity index (χ1n) is 11.4. The van der Waals surface area contributed by atoms with E-state index in [0.717, 1.165) is 44.1 Å². The quantitative estimate of drug-likeness (QED) is 0.233. The highest BCUT2D eigenvalue weighted by Gasteiger charge is 2.26. The second kappa shape index (κ2) is 12.2. The van der Waals surface area contributed by atoms with E-state index in [2.05, 4.69) is 26.7 Å². The number of carbonyl (C=O) groups excluding carboxylic acids is 1. The summed E-state index contributed by atoms with van der Waals surface area (Å²) in [6.07, 6.45) is 4.60. The normalized spacial score (nSPS) is 17.5. The molecule has 2 aliphatic rings. The number of aliphatic imine (C=N–C) groups is 1. The summed E-state index contributed by atoms with van der Waals surface area (Å²) in [5.41, 5.74) is 2.29. The molecule has 3 heterocycles. The number of carbonyl (C=O) groups is 1. The molecule has 1 aromatic carbocycles. The van der Waals surface area contributed by atoms with Gasteiger partial charge in [-0.1, -0.05) is 18.2 Å². The molecule has 0 saturated carbocycles. The maximum Gasteiger partial charge on any atom is 0.227 e. The van der Waals surface area contributed by atoms with Gasteiger partial charge in [0.15, 0.2) is 17.6 Å². The smallest absolute Gasteiger partial charge is 0.227 e. The Hall–Kier alpha value is -2.43. The molecule has 1 amide bonds. The van der Waals surface area contributed by atoms with E-state index in [1.165, 1.54) is 11.6 Å². The zero-order valence-electron chi connectivity index (χ0n) is 19.0. The Kier molecular flexibility index (Phi) is 9.28. The summed E-state index contributed by atoms with van der Waals surface area (Å²) in [4.78, 5) is 25.3. The van der Waals surface area contributed by atoms with Crippen LogP contribution in [0, 0.1) is 5.82 Å². The van der Waals surface area contributed by atoms with Gasteiger partial charge in [0.25, 0.3) is 0 Å². The lowest BCUT2D eigenvalue weighted by Crippen LogP contribution is -2.44. The lowest BCUT2D eigenvalue weighted by Gasteiger charge is -2.20. The summed E-state index contributed by atoms with van der Waals surface area (Å²) in [7, 11) is 0. The average Bonchev–Trinajstić information content (AvgIpc) is 3.44. The van der Waals surface area contributed by atoms with Crippen LogP contribution in [0.15, 0.2) is 47.6 Å². The van der Waals surface area contributed by atoms with Crippen LogP contribution in [0.2, 0.25) is 0 Å². The SMILES string of the molecule is CCNC(=NCCCC(=O)N1CCc2ccccc21)NC1CCN(c2ncccc2F)C1.I. The third kappa shape index (κ3) is 6.33. The number of rotatable bonds is 7. The van der Waals surface area contributed by atoms with E-state index in [1.807, 2.05) is 34.9 Å². The average molecular weight is 566 g/mol. The molecule has 9 heteroatoms. The number of anilines is 2. The minimum Gasteiger partial charge on any atom is -0.357 e. The molecule has 4 rings (SSSR count). The molecule has 1 saturated heterocycles. The van der Waals surface area contributed by atoms with E-state index in [4.69, 9.17) is 0 Å². The van der Waals surface area contributed by atoms with Gasteiger partial charge in [0.05, 0.1) is 0 Å². The molecule has 2 aromatic rings. The highest BCUT2D eigenvalue weighted by atomic mass is 127. The highest BCUT2D eigenvalue weighted by molar-refractivity contribution is 14.0. The van der Waals surface area contributed by atoms with Crippen LogP contribution < -0.4 is 20.4 Å². The number of nitrogens with one attached hydrogen (secondary N) is 2. The number of halogens is 2. The molecule has 1 aromatic heterocycles. The molecule has 1 fully saturated rings. The number of hydrogen-bond acceptors (Lipinski definition) is 4. The second-order valence-electron chi connectivity index (χ2n) is 8.17. The number of amides is 1. The van der Waals surface area contributed by atoms with Crippen molar-refractivity contribution in [3.05, 3.63) is 54.0 Å². The zero-order chi connectivity index (χ0) is 22.3.